The number of anilines is 2. The van der Waals surface area contributed by atoms with Crippen LogP contribution in [0.2, 0.25) is 0 Å². The molecule has 3 aromatic rings. The maximum atomic E-state index is 12.6. The Balaban J connectivity index is 1.64. The molecular formula is C23H23BrN2O4S. The van der Waals surface area contributed by atoms with Crippen LogP contribution in [0.25, 0.3) is 0 Å². The number of nitrogens with one attached hydrogen (secondary N) is 2. The third-order valence-electron chi connectivity index (χ3n) is 4.76. The van der Waals surface area contributed by atoms with E-state index in [9.17, 15) is 13.2 Å². The average molecular weight is 503 g/mol. The molecule has 0 aliphatic heterocycles. The zero-order valence-corrected chi connectivity index (χ0v) is 19.7. The molecule has 0 heterocycles. The molecule has 0 unspecified atom stereocenters. The van der Waals surface area contributed by atoms with E-state index in [1.54, 1.807) is 43.3 Å². The molecule has 0 fully saturated rings. The minimum absolute atomic E-state index is 0.0908. The summed E-state index contributed by atoms with van der Waals surface area (Å²) in [5, 5.41) is 2.75. The first-order chi connectivity index (χ1) is 14.7. The predicted molar refractivity (Wildman–Crippen MR) is 126 cm³/mol. The van der Waals surface area contributed by atoms with Crippen LogP contribution in [0.4, 0.5) is 11.4 Å². The highest BCUT2D eigenvalue weighted by atomic mass is 79.9. The van der Waals surface area contributed by atoms with Gasteiger partial charge >= 0.3 is 0 Å². The number of carbonyl (C=O) groups is 1. The van der Waals surface area contributed by atoms with E-state index in [1.807, 2.05) is 32.0 Å². The Bertz CT molecular complexity index is 1180. The van der Waals surface area contributed by atoms with E-state index in [1.165, 1.54) is 12.1 Å². The molecule has 0 aliphatic rings. The standard InChI is InChI=1S/C23H23BrN2O4S/c1-15-5-4-6-22(16(15)2)30-17(3)23(27)25-19-11-13-21(14-12-19)31(28,29)26-20-9-7-18(24)8-10-20/h4-14,17,26H,1-3H3,(H,25,27)/t17-/m1/s1. The summed E-state index contributed by atoms with van der Waals surface area (Å²) in [6, 6.07) is 18.5. The Hall–Kier alpha value is -2.84. The van der Waals surface area contributed by atoms with E-state index in [2.05, 4.69) is 26.0 Å². The van der Waals surface area contributed by atoms with Crippen molar-refractivity contribution >= 4 is 43.2 Å². The van der Waals surface area contributed by atoms with Gasteiger partial charge in [0.25, 0.3) is 15.9 Å². The lowest BCUT2D eigenvalue weighted by Crippen LogP contribution is -2.30. The summed E-state index contributed by atoms with van der Waals surface area (Å²) in [5.41, 5.74) is 3.00. The van der Waals surface area contributed by atoms with Gasteiger partial charge in [0.15, 0.2) is 6.10 Å². The first kappa shape index (κ1) is 22.8. The number of amides is 1. The number of carbonyl (C=O) groups excluding carboxylic acids is 1. The van der Waals surface area contributed by atoms with Crippen molar-refractivity contribution in [3.8, 4) is 5.75 Å². The fraction of sp³-hybridized carbons (Fsp3) is 0.174. The SMILES string of the molecule is Cc1cccc(O[C@H](C)C(=O)Nc2ccc(S(=O)(=O)Nc3ccc(Br)cc3)cc2)c1C. The van der Waals surface area contributed by atoms with Gasteiger partial charge in [0.2, 0.25) is 0 Å². The lowest BCUT2D eigenvalue weighted by Gasteiger charge is -2.17. The Morgan fingerprint density at radius 3 is 2.19 bits per heavy atom. The first-order valence-electron chi connectivity index (χ1n) is 9.58. The van der Waals surface area contributed by atoms with Crippen LogP contribution in [-0.2, 0) is 14.8 Å². The van der Waals surface area contributed by atoms with Crippen molar-refractivity contribution in [2.45, 2.75) is 31.8 Å². The van der Waals surface area contributed by atoms with E-state index < -0.39 is 16.1 Å². The number of rotatable bonds is 7. The number of sulfonamides is 1. The number of benzene rings is 3. The molecule has 1 amide bonds. The minimum Gasteiger partial charge on any atom is -0.481 e. The number of ether oxygens (including phenoxy) is 1. The quantitative estimate of drug-likeness (QED) is 0.460. The first-order valence-corrected chi connectivity index (χ1v) is 11.9. The average Bonchev–Trinajstić information content (AvgIpc) is 2.73. The molecule has 3 rings (SSSR count). The highest BCUT2D eigenvalue weighted by molar-refractivity contribution is 9.10. The van der Waals surface area contributed by atoms with Crippen LogP contribution in [-0.4, -0.2) is 20.4 Å². The Kier molecular flexibility index (Phi) is 7.02. The summed E-state index contributed by atoms with van der Waals surface area (Å²) in [6.07, 6.45) is -0.719. The molecule has 0 radical (unpaired) electrons. The molecule has 6 nitrogen and oxygen atoms in total. The number of hydrogen-bond acceptors (Lipinski definition) is 4. The van der Waals surface area contributed by atoms with E-state index in [4.69, 9.17) is 4.74 Å². The summed E-state index contributed by atoms with van der Waals surface area (Å²) in [7, 11) is -3.74. The van der Waals surface area contributed by atoms with Crippen LogP contribution < -0.4 is 14.8 Å². The monoisotopic (exact) mass is 502 g/mol. The topological polar surface area (TPSA) is 84.5 Å². The Morgan fingerprint density at radius 1 is 0.935 bits per heavy atom. The summed E-state index contributed by atoms with van der Waals surface area (Å²) in [5.74, 6) is 0.326. The second-order valence-corrected chi connectivity index (χ2v) is 9.68. The fourth-order valence-electron chi connectivity index (χ4n) is 2.79. The van der Waals surface area contributed by atoms with Crippen LogP contribution in [0.5, 0.6) is 5.75 Å². The highest BCUT2D eigenvalue weighted by Gasteiger charge is 2.18. The molecule has 0 aromatic heterocycles. The van der Waals surface area contributed by atoms with Crippen LogP contribution in [0.1, 0.15) is 18.1 Å². The Labute approximate surface area is 190 Å². The number of halogens is 1. The van der Waals surface area contributed by atoms with E-state index in [-0.39, 0.29) is 10.8 Å². The van der Waals surface area contributed by atoms with Crippen molar-refractivity contribution in [3.05, 3.63) is 82.3 Å². The summed E-state index contributed by atoms with van der Waals surface area (Å²) >= 11 is 3.31. The van der Waals surface area contributed by atoms with E-state index >= 15 is 0 Å². The van der Waals surface area contributed by atoms with Crippen molar-refractivity contribution in [1.29, 1.82) is 0 Å². The predicted octanol–water partition coefficient (Wildman–Crippen LogP) is 5.27. The molecule has 0 saturated heterocycles. The van der Waals surface area contributed by atoms with Gasteiger partial charge in [-0.1, -0.05) is 28.1 Å². The van der Waals surface area contributed by atoms with Crippen molar-refractivity contribution < 1.29 is 17.9 Å². The maximum Gasteiger partial charge on any atom is 0.265 e. The lowest BCUT2D eigenvalue weighted by molar-refractivity contribution is -0.122. The van der Waals surface area contributed by atoms with E-state index in [0.717, 1.165) is 15.6 Å². The van der Waals surface area contributed by atoms with Gasteiger partial charge in [0.1, 0.15) is 5.75 Å². The second-order valence-electron chi connectivity index (χ2n) is 7.08. The lowest BCUT2D eigenvalue weighted by atomic mass is 10.1. The molecule has 0 aliphatic carbocycles. The van der Waals surface area contributed by atoms with Gasteiger partial charge in [-0.2, -0.15) is 0 Å². The van der Waals surface area contributed by atoms with Crippen molar-refractivity contribution in [2.75, 3.05) is 10.0 Å². The van der Waals surface area contributed by atoms with Gasteiger partial charge in [-0.05, 0) is 86.5 Å². The molecule has 8 heteroatoms. The molecule has 2 N–H and O–H groups in total. The fourth-order valence-corrected chi connectivity index (χ4v) is 4.11. The van der Waals surface area contributed by atoms with Gasteiger partial charge in [-0.15, -0.1) is 0 Å². The third kappa shape index (κ3) is 5.86. The van der Waals surface area contributed by atoms with Gasteiger partial charge in [-0.25, -0.2) is 8.42 Å². The molecule has 31 heavy (non-hydrogen) atoms. The number of aryl methyl sites for hydroxylation is 1. The van der Waals surface area contributed by atoms with Crippen LogP contribution in [0.3, 0.4) is 0 Å². The molecular weight excluding hydrogens is 480 g/mol. The largest absolute Gasteiger partial charge is 0.481 e. The normalized spacial score (nSPS) is 12.1. The van der Waals surface area contributed by atoms with E-state index in [0.29, 0.717) is 17.1 Å². The Morgan fingerprint density at radius 2 is 1.55 bits per heavy atom. The molecule has 0 saturated carbocycles. The molecule has 162 valence electrons. The van der Waals surface area contributed by atoms with Crippen LogP contribution in [0.15, 0.2) is 76.1 Å². The van der Waals surface area contributed by atoms with Crippen LogP contribution >= 0.6 is 15.9 Å². The maximum absolute atomic E-state index is 12.6. The van der Waals surface area contributed by atoms with Gasteiger partial charge < -0.3 is 10.1 Å². The van der Waals surface area contributed by atoms with Crippen molar-refractivity contribution in [1.82, 2.24) is 0 Å². The van der Waals surface area contributed by atoms with Crippen molar-refractivity contribution in [2.24, 2.45) is 0 Å². The zero-order valence-electron chi connectivity index (χ0n) is 17.3. The molecule has 3 aromatic carbocycles. The summed E-state index contributed by atoms with van der Waals surface area (Å²) < 4.78 is 34.3. The zero-order chi connectivity index (χ0) is 22.6. The highest BCUT2D eigenvalue weighted by Crippen LogP contribution is 2.23. The number of hydrogen-bond donors (Lipinski definition) is 2. The minimum atomic E-state index is -3.74. The smallest absolute Gasteiger partial charge is 0.265 e. The van der Waals surface area contributed by atoms with Gasteiger partial charge in [0, 0.05) is 15.8 Å². The third-order valence-corrected chi connectivity index (χ3v) is 6.68. The van der Waals surface area contributed by atoms with Gasteiger partial charge in [0.05, 0.1) is 4.90 Å². The summed E-state index contributed by atoms with van der Waals surface area (Å²) in [4.78, 5) is 12.6. The summed E-state index contributed by atoms with van der Waals surface area (Å²) in [6.45, 7) is 5.59. The molecule has 1 atom stereocenters. The molecule has 0 bridgehead atoms. The molecule has 0 spiro atoms. The van der Waals surface area contributed by atoms with Gasteiger partial charge in [-0.3, -0.25) is 9.52 Å². The van der Waals surface area contributed by atoms with Crippen molar-refractivity contribution in [3.63, 3.8) is 0 Å². The van der Waals surface area contributed by atoms with Crippen LogP contribution in [0, 0.1) is 13.8 Å². The second kappa shape index (κ2) is 9.53.